The number of methoxy groups -OCH3 is 2. The highest BCUT2D eigenvalue weighted by Crippen LogP contribution is 2.29. The zero-order valence-corrected chi connectivity index (χ0v) is 11.3. The van der Waals surface area contributed by atoms with Crippen LogP contribution in [0, 0.1) is 6.92 Å². The highest BCUT2D eigenvalue weighted by molar-refractivity contribution is 5.75. The topological polar surface area (TPSA) is 64.8 Å². The monoisotopic (exact) mass is 252 g/mol. The van der Waals surface area contributed by atoms with Crippen LogP contribution in [0.5, 0.6) is 11.5 Å². The summed E-state index contributed by atoms with van der Waals surface area (Å²) in [7, 11) is 5.08. The van der Waals surface area contributed by atoms with Crippen LogP contribution in [0.25, 0.3) is 0 Å². The lowest BCUT2D eigenvalue weighted by Gasteiger charge is -2.19. The third kappa shape index (κ3) is 3.63. The fraction of sp³-hybridized carbons (Fsp3) is 0.462. The molecule has 0 radical (unpaired) electrons. The van der Waals surface area contributed by atoms with E-state index < -0.39 is 0 Å². The van der Waals surface area contributed by atoms with Crippen LogP contribution in [0.4, 0.5) is 0 Å². The van der Waals surface area contributed by atoms with Gasteiger partial charge < -0.3 is 15.2 Å². The summed E-state index contributed by atoms with van der Waals surface area (Å²) in [4.78, 5) is 12.7. The molecule has 0 aliphatic heterocycles. The Morgan fingerprint density at radius 3 is 2.50 bits per heavy atom. The van der Waals surface area contributed by atoms with E-state index in [1.54, 1.807) is 14.2 Å². The van der Waals surface area contributed by atoms with Gasteiger partial charge in [0.1, 0.15) is 11.5 Å². The highest BCUT2D eigenvalue weighted by Gasteiger charge is 2.12. The van der Waals surface area contributed by atoms with Crippen LogP contribution in [0.3, 0.4) is 0 Å². The number of primary amides is 1. The van der Waals surface area contributed by atoms with Crippen LogP contribution in [-0.4, -0.2) is 38.6 Å². The van der Waals surface area contributed by atoms with Crippen molar-refractivity contribution in [2.75, 3.05) is 27.8 Å². The predicted molar refractivity (Wildman–Crippen MR) is 69.8 cm³/mol. The third-order valence-corrected chi connectivity index (χ3v) is 2.71. The van der Waals surface area contributed by atoms with E-state index in [4.69, 9.17) is 15.2 Å². The molecule has 0 spiro atoms. The highest BCUT2D eigenvalue weighted by atomic mass is 16.5. The van der Waals surface area contributed by atoms with Crippen LogP contribution in [0.15, 0.2) is 12.1 Å². The van der Waals surface area contributed by atoms with Gasteiger partial charge in [-0.05, 0) is 25.6 Å². The molecule has 1 aromatic rings. The van der Waals surface area contributed by atoms with E-state index in [0.717, 1.165) is 22.6 Å². The van der Waals surface area contributed by atoms with Gasteiger partial charge in [0, 0.05) is 18.2 Å². The lowest BCUT2D eigenvalue weighted by Crippen LogP contribution is -2.30. The number of aryl methyl sites for hydroxylation is 1. The molecule has 100 valence electrons. The average Bonchev–Trinajstić information content (AvgIpc) is 2.30. The number of benzene rings is 1. The summed E-state index contributed by atoms with van der Waals surface area (Å²) in [6.45, 7) is 2.80. The molecule has 0 unspecified atom stereocenters. The Kier molecular flexibility index (Phi) is 4.97. The number of hydrogen-bond donors (Lipinski definition) is 1. The molecule has 1 amide bonds. The molecule has 0 atom stereocenters. The van der Waals surface area contributed by atoms with Gasteiger partial charge in [-0.2, -0.15) is 0 Å². The Labute approximate surface area is 107 Å². The van der Waals surface area contributed by atoms with Crippen LogP contribution >= 0.6 is 0 Å². The Balaban J connectivity index is 2.97. The van der Waals surface area contributed by atoms with E-state index >= 15 is 0 Å². The Hall–Kier alpha value is -1.75. The van der Waals surface area contributed by atoms with Crippen molar-refractivity contribution in [1.29, 1.82) is 0 Å². The van der Waals surface area contributed by atoms with Gasteiger partial charge in [-0.1, -0.05) is 0 Å². The number of amides is 1. The average molecular weight is 252 g/mol. The van der Waals surface area contributed by atoms with Crippen LogP contribution in [-0.2, 0) is 11.3 Å². The summed E-state index contributed by atoms with van der Waals surface area (Å²) < 4.78 is 10.5. The minimum atomic E-state index is -0.345. The Morgan fingerprint density at radius 1 is 1.33 bits per heavy atom. The Morgan fingerprint density at radius 2 is 2.00 bits per heavy atom. The summed E-state index contributed by atoms with van der Waals surface area (Å²) in [5.74, 6) is 1.16. The molecule has 0 heterocycles. The predicted octanol–water partition coefficient (Wildman–Crippen LogP) is 0.929. The van der Waals surface area contributed by atoms with E-state index in [-0.39, 0.29) is 12.5 Å². The number of carbonyl (C=O) groups excluding carboxylic acids is 1. The van der Waals surface area contributed by atoms with Crippen molar-refractivity contribution in [2.24, 2.45) is 5.73 Å². The molecule has 18 heavy (non-hydrogen) atoms. The number of carbonyl (C=O) groups is 1. The van der Waals surface area contributed by atoms with Gasteiger partial charge in [-0.3, -0.25) is 9.69 Å². The molecule has 5 heteroatoms. The molecule has 0 aliphatic rings. The maximum atomic E-state index is 10.9. The van der Waals surface area contributed by atoms with Crippen molar-refractivity contribution in [2.45, 2.75) is 13.5 Å². The number of nitrogens with two attached hydrogens (primary N) is 1. The van der Waals surface area contributed by atoms with Crippen LogP contribution in [0.1, 0.15) is 11.1 Å². The van der Waals surface area contributed by atoms with Crippen molar-refractivity contribution in [3.63, 3.8) is 0 Å². The van der Waals surface area contributed by atoms with Gasteiger partial charge >= 0.3 is 0 Å². The van der Waals surface area contributed by atoms with Crippen LogP contribution in [0.2, 0.25) is 0 Å². The summed E-state index contributed by atoms with van der Waals surface area (Å²) in [5, 5.41) is 0. The summed E-state index contributed by atoms with van der Waals surface area (Å²) in [6.07, 6.45) is 0. The SMILES string of the molecule is COc1cc(C)c(CN(C)CC(N)=O)c(OC)c1. The van der Waals surface area contributed by atoms with Gasteiger partial charge in [0.25, 0.3) is 0 Å². The number of hydrogen-bond acceptors (Lipinski definition) is 4. The number of ether oxygens (including phenoxy) is 2. The maximum absolute atomic E-state index is 10.9. The molecule has 1 rings (SSSR count). The number of rotatable bonds is 6. The van der Waals surface area contributed by atoms with Crippen molar-refractivity contribution < 1.29 is 14.3 Å². The fourth-order valence-corrected chi connectivity index (χ4v) is 1.85. The second-order valence-electron chi connectivity index (χ2n) is 4.26. The van der Waals surface area contributed by atoms with Gasteiger partial charge in [0.05, 0.1) is 20.8 Å². The zero-order chi connectivity index (χ0) is 13.7. The Bertz CT molecular complexity index is 432. The second kappa shape index (κ2) is 6.26. The first kappa shape index (κ1) is 14.3. The van der Waals surface area contributed by atoms with E-state index in [1.807, 2.05) is 31.0 Å². The largest absolute Gasteiger partial charge is 0.497 e. The fourth-order valence-electron chi connectivity index (χ4n) is 1.85. The van der Waals surface area contributed by atoms with Gasteiger partial charge in [-0.15, -0.1) is 0 Å². The molecule has 0 saturated carbocycles. The van der Waals surface area contributed by atoms with E-state index in [2.05, 4.69) is 0 Å². The van der Waals surface area contributed by atoms with Gasteiger partial charge in [0.2, 0.25) is 5.91 Å². The first-order valence-corrected chi connectivity index (χ1v) is 5.66. The molecular weight excluding hydrogens is 232 g/mol. The molecule has 5 nitrogen and oxygen atoms in total. The molecular formula is C13H20N2O3. The van der Waals surface area contributed by atoms with Crippen LogP contribution < -0.4 is 15.2 Å². The molecule has 1 aromatic carbocycles. The molecule has 0 aromatic heterocycles. The zero-order valence-electron chi connectivity index (χ0n) is 11.3. The van der Waals surface area contributed by atoms with Crippen molar-refractivity contribution in [3.8, 4) is 11.5 Å². The van der Waals surface area contributed by atoms with E-state index in [1.165, 1.54) is 0 Å². The molecule has 2 N–H and O–H groups in total. The second-order valence-corrected chi connectivity index (χ2v) is 4.26. The number of nitrogens with zero attached hydrogens (tertiary/aromatic N) is 1. The first-order valence-electron chi connectivity index (χ1n) is 5.66. The van der Waals surface area contributed by atoms with E-state index in [9.17, 15) is 4.79 Å². The minimum Gasteiger partial charge on any atom is -0.497 e. The van der Waals surface area contributed by atoms with Gasteiger partial charge in [0.15, 0.2) is 0 Å². The summed E-state index contributed by atoms with van der Waals surface area (Å²) in [5.41, 5.74) is 7.26. The van der Waals surface area contributed by atoms with Crippen molar-refractivity contribution >= 4 is 5.91 Å². The van der Waals surface area contributed by atoms with Crippen molar-refractivity contribution in [1.82, 2.24) is 4.90 Å². The van der Waals surface area contributed by atoms with Crippen molar-refractivity contribution in [3.05, 3.63) is 23.3 Å². The normalized spacial score (nSPS) is 10.5. The molecule has 0 fully saturated rings. The third-order valence-electron chi connectivity index (χ3n) is 2.71. The molecule has 0 saturated heterocycles. The minimum absolute atomic E-state index is 0.217. The molecule has 0 bridgehead atoms. The summed E-state index contributed by atoms with van der Waals surface area (Å²) >= 11 is 0. The lowest BCUT2D eigenvalue weighted by atomic mass is 10.1. The lowest BCUT2D eigenvalue weighted by molar-refractivity contribution is -0.118. The quantitative estimate of drug-likeness (QED) is 0.818. The summed E-state index contributed by atoms with van der Waals surface area (Å²) in [6, 6.07) is 3.77. The number of likely N-dealkylation sites (N-methyl/N-ethyl adjacent to an activating group) is 1. The smallest absolute Gasteiger partial charge is 0.231 e. The van der Waals surface area contributed by atoms with Gasteiger partial charge in [-0.25, -0.2) is 0 Å². The maximum Gasteiger partial charge on any atom is 0.231 e. The first-order chi connectivity index (χ1) is 8.47. The standard InChI is InChI=1S/C13H20N2O3/c1-9-5-10(17-3)6-12(18-4)11(9)7-15(2)8-13(14)16/h5-6H,7-8H2,1-4H3,(H2,14,16). The molecule has 0 aliphatic carbocycles. The van der Waals surface area contributed by atoms with E-state index in [0.29, 0.717) is 6.54 Å².